The summed E-state index contributed by atoms with van der Waals surface area (Å²) in [5.74, 6) is -5.98. The Balaban J connectivity index is 1.23. The summed E-state index contributed by atoms with van der Waals surface area (Å²) in [5, 5.41) is 0.362. The second kappa shape index (κ2) is 14.3. The van der Waals surface area contributed by atoms with E-state index in [9.17, 15) is 37.2 Å². The van der Waals surface area contributed by atoms with Crippen LogP contribution in [0.3, 0.4) is 0 Å². The van der Waals surface area contributed by atoms with Crippen LogP contribution in [0.1, 0.15) is 62.1 Å². The predicted molar refractivity (Wildman–Crippen MR) is 182 cm³/mol. The molecule has 0 atom stereocenters. The van der Waals surface area contributed by atoms with Gasteiger partial charge in [0.25, 0.3) is 23.6 Å². The van der Waals surface area contributed by atoms with Crippen molar-refractivity contribution in [2.45, 2.75) is 9.79 Å². The first-order valence-electron chi connectivity index (χ1n) is 15.6. The molecule has 0 saturated carbocycles. The number of imide groups is 2. The number of fused-ring (bicyclic) bond motifs is 2. The maximum atomic E-state index is 13.8. The molecule has 0 aromatic heterocycles. The summed E-state index contributed by atoms with van der Waals surface area (Å²) in [4.78, 5) is 88.3. The van der Waals surface area contributed by atoms with Gasteiger partial charge in [0.1, 0.15) is 0 Å². The molecule has 4 aromatic rings. The zero-order valence-electron chi connectivity index (χ0n) is 29.6. The first-order chi connectivity index (χ1) is 26.2. The van der Waals surface area contributed by atoms with E-state index >= 15 is 0 Å². The molecule has 4 aromatic carbocycles. The number of carbonyl (C=O) groups excluding carboxylic acids is 6. The number of carbonyl (C=O) groups is 6. The van der Waals surface area contributed by atoms with E-state index in [4.69, 9.17) is 38.1 Å². The molecule has 0 saturated heterocycles. The summed E-state index contributed by atoms with van der Waals surface area (Å²) >= 11 is 0. The number of nitrogens with zero attached hydrogens (tertiary/aromatic N) is 2. The Hall–Kier alpha value is -7.15. The maximum absolute atomic E-state index is 13.8. The van der Waals surface area contributed by atoms with Gasteiger partial charge in [0.05, 0.1) is 85.8 Å². The zero-order chi connectivity index (χ0) is 39.9. The van der Waals surface area contributed by atoms with Crippen molar-refractivity contribution in [3.63, 3.8) is 0 Å². The lowest BCUT2D eigenvalue weighted by atomic mass is 10.1. The number of amides is 4. The van der Waals surface area contributed by atoms with Gasteiger partial charge in [0.2, 0.25) is 21.3 Å². The molecule has 284 valence electrons. The van der Waals surface area contributed by atoms with E-state index in [1.165, 1.54) is 66.9 Å². The molecule has 0 aliphatic carbocycles. The van der Waals surface area contributed by atoms with Crippen LogP contribution in [0.25, 0.3) is 0 Å². The second-order valence-electron chi connectivity index (χ2n) is 11.3. The van der Waals surface area contributed by atoms with Gasteiger partial charge in [0.15, 0.2) is 23.0 Å². The van der Waals surface area contributed by atoms with Crippen molar-refractivity contribution >= 4 is 45.4 Å². The monoisotopic (exact) mass is 776 g/mol. The molecule has 0 radical (unpaired) electrons. The van der Waals surface area contributed by atoms with Crippen LogP contribution >= 0.6 is 0 Å². The number of sulfone groups is 1. The summed E-state index contributed by atoms with van der Waals surface area (Å²) in [5.41, 5.74) is -1.68. The highest BCUT2D eigenvalue weighted by molar-refractivity contribution is 7.91. The van der Waals surface area contributed by atoms with E-state index in [1.807, 2.05) is 0 Å². The first kappa shape index (κ1) is 37.6. The van der Waals surface area contributed by atoms with Crippen LogP contribution in [-0.2, 0) is 19.5 Å². The zero-order valence-corrected chi connectivity index (χ0v) is 30.4. The van der Waals surface area contributed by atoms with Crippen molar-refractivity contribution in [1.82, 2.24) is 10.1 Å². The van der Waals surface area contributed by atoms with E-state index in [-0.39, 0.29) is 66.9 Å². The number of hydroxylamine groups is 4. The highest BCUT2D eigenvalue weighted by Crippen LogP contribution is 2.40. The number of hydrogen-bond acceptors (Lipinski definition) is 16. The van der Waals surface area contributed by atoms with Gasteiger partial charge in [-0.3, -0.25) is 19.2 Å². The van der Waals surface area contributed by atoms with E-state index in [1.54, 1.807) is 0 Å². The van der Waals surface area contributed by atoms with E-state index in [2.05, 4.69) is 0 Å². The van der Waals surface area contributed by atoms with E-state index in [0.29, 0.717) is 0 Å². The second-order valence-corrected chi connectivity index (χ2v) is 13.3. The SMILES string of the molecule is COc1cc(C(=O)ON2C(=O)c3ccc(S(=O)(=O)c4ccc5c(c4)C(=O)N(OC(=O)c4cc(OC)c(OC)c(OC)c4)C5=O)cc3C2=O)cc(OC)c1OC. The van der Waals surface area contributed by atoms with Gasteiger partial charge in [-0.2, -0.15) is 0 Å². The minimum Gasteiger partial charge on any atom is -0.493 e. The highest BCUT2D eigenvalue weighted by Gasteiger charge is 2.42. The largest absolute Gasteiger partial charge is 0.493 e. The van der Waals surface area contributed by atoms with Gasteiger partial charge in [-0.1, -0.05) is 10.1 Å². The third kappa shape index (κ3) is 6.24. The Bertz CT molecular complexity index is 2250. The number of ether oxygens (including phenoxy) is 6. The number of methoxy groups -OCH3 is 6. The standard InChI is InChI=1S/C36H28N2O16S/c1-47-25-11-17(12-26(48-2)29(25)51-5)35(43)53-37-31(39)21-9-7-19(15-23(21)33(37)41)55(45,46)20-8-10-22-24(16-20)34(42)38(32(22)40)54-36(44)18-13-27(49-3)30(52-6)28(14-18)50-4/h7-16H,1-6H3. The Morgan fingerprint density at radius 2 is 0.764 bits per heavy atom. The minimum absolute atomic E-state index is 0.0907. The van der Waals surface area contributed by atoms with Crippen molar-refractivity contribution in [1.29, 1.82) is 0 Å². The average Bonchev–Trinajstić information content (AvgIpc) is 3.58. The minimum atomic E-state index is -4.53. The predicted octanol–water partition coefficient (Wildman–Crippen LogP) is 3.31. The highest BCUT2D eigenvalue weighted by atomic mass is 32.2. The quantitative estimate of drug-likeness (QED) is 0.189. The van der Waals surface area contributed by atoms with Crippen molar-refractivity contribution in [3.8, 4) is 34.5 Å². The Morgan fingerprint density at radius 3 is 1.05 bits per heavy atom. The van der Waals surface area contributed by atoms with Crippen LogP contribution in [0.5, 0.6) is 34.5 Å². The van der Waals surface area contributed by atoms with Gasteiger partial charge in [0, 0.05) is 0 Å². The topological polar surface area (TPSA) is 217 Å². The van der Waals surface area contributed by atoms with Gasteiger partial charge in [-0.25, -0.2) is 18.0 Å². The molecular weight excluding hydrogens is 748 g/mol. The lowest BCUT2D eigenvalue weighted by Gasteiger charge is -2.15. The lowest BCUT2D eigenvalue weighted by molar-refractivity contribution is -0.0584. The molecule has 2 aliphatic rings. The van der Waals surface area contributed by atoms with Crippen LogP contribution in [0.15, 0.2) is 70.5 Å². The Kier molecular flexibility index (Phi) is 9.81. The first-order valence-corrected chi connectivity index (χ1v) is 17.1. The normalized spacial score (nSPS) is 13.3. The Morgan fingerprint density at radius 1 is 0.455 bits per heavy atom. The van der Waals surface area contributed by atoms with Gasteiger partial charge in [-0.15, -0.1) is 0 Å². The third-order valence-corrected chi connectivity index (χ3v) is 10.2. The number of benzene rings is 4. The average molecular weight is 777 g/mol. The maximum Gasteiger partial charge on any atom is 0.364 e. The van der Waals surface area contributed by atoms with Crippen molar-refractivity contribution < 1.29 is 75.3 Å². The van der Waals surface area contributed by atoms with Crippen molar-refractivity contribution in [3.05, 3.63) is 94.0 Å². The van der Waals surface area contributed by atoms with Gasteiger partial charge in [-0.05, 0) is 60.7 Å². The molecule has 0 bridgehead atoms. The molecule has 6 rings (SSSR count). The molecule has 4 amide bonds. The Labute approximate surface area is 311 Å². The molecule has 55 heavy (non-hydrogen) atoms. The molecule has 0 spiro atoms. The molecule has 0 N–H and O–H groups in total. The summed E-state index contributed by atoms with van der Waals surface area (Å²) in [6.45, 7) is 0. The summed E-state index contributed by atoms with van der Waals surface area (Å²) in [7, 11) is 3.43. The summed E-state index contributed by atoms with van der Waals surface area (Å²) in [6.07, 6.45) is 0. The summed E-state index contributed by atoms with van der Waals surface area (Å²) < 4.78 is 58.9. The van der Waals surface area contributed by atoms with Crippen molar-refractivity contribution in [2.24, 2.45) is 0 Å². The smallest absolute Gasteiger partial charge is 0.364 e. The van der Waals surface area contributed by atoms with Gasteiger partial charge >= 0.3 is 11.9 Å². The molecule has 0 unspecified atom stereocenters. The molecule has 19 heteroatoms. The number of rotatable bonds is 12. The molecule has 0 fully saturated rings. The van der Waals surface area contributed by atoms with Crippen LogP contribution in [0.2, 0.25) is 0 Å². The van der Waals surface area contributed by atoms with Crippen LogP contribution in [-0.4, -0.2) is 96.8 Å². The molecular formula is C36H28N2O16S. The van der Waals surface area contributed by atoms with E-state index in [0.717, 1.165) is 36.4 Å². The van der Waals surface area contributed by atoms with Crippen LogP contribution < -0.4 is 28.4 Å². The fraction of sp³-hybridized carbons (Fsp3) is 0.167. The lowest BCUT2D eigenvalue weighted by Crippen LogP contribution is -2.32. The van der Waals surface area contributed by atoms with Crippen LogP contribution in [0.4, 0.5) is 0 Å². The summed E-state index contributed by atoms with van der Waals surface area (Å²) in [6, 6.07) is 10.9. The van der Waals surface area contributed by atoms with E-state index < -0.39 is 66.3 Å². The number of hydrogen-bond donors (Lipinski definition) is 0. The van der Waals surface area contributed by atoms with Crippen LogP contribution in [0, 0.1) is 0 Å². The fourth-order valence-corrected chi connectivity index (χ4v) is 7.01. The fourth-order valence-electron chi connectivity index (χ4n) is 5.70. The molecule has 2 aliphatic heterocycles. The molecule has 18 nitrogen and oxygen atoms in total. The third-order valence-electron chi connectivity index (χ3n) is 8.41. The molecule has 2 heterocycles. The van der Waals surface area contributed by atoms with Crippen molar-refractivity contribution in [2.75, 3.05) is 42.7 Å². The van der Waals surface area contributed by atoms with Gasteiger partial charge < -0.3 is 38.1 Å².